The van der Waals surface area contributed by atoms with Crippen molar-refractivity contribution in [2.24, 2.45) is 0 Å². The Labute approximate surface area is 122 Å². The quantitative estimate of drug-likeness (QED) is 0.773. The van der Waals surface area contributed by atoms with Crippen LogP contribution in [0.15, 0.2) is 0 Å². The number of nitrogens with one attached hydrogen (secondary N) is 2. The third kappa shape index (κ3) is 4.34. The topological polar surface area (TPSA) is 70.1 Å². The molecule has 5 nitrogen and oxygen atoms in total. The molecule has 1 aromatic rings. The fourth-order valence-electron chi connectivity index (χ4n) is 2.04. The van der Waals surface area contributed by atoms with Gasteiger partial charge >= 0.3 is 0 Å². The molecular formula is C15H28N4O. The van der Waals surface area contributed by atoms with Crippen molar-refractivity contribution in [1.82, 2.24) is 9.97 Å². The Morgan fingerprint density at radius 1 is 1.15 bits per heavy atom. The normalized spacial score (nSPS) is 14.8. The van der Waals surface area contributed by atoms with Gasteiger partial charge in [0.05, 0.1) is 6.10 Å². The van der Waals surface area contributed by atoms with Gasteiger partial charge in [-0.15, -0.1) is 0 Å². The molecule has 0 radical (unpaired) electrons. The second-order valence-electron chi connectivity index (χ2n) is 6.50. The summed E-state index contributed by atoms with van der Waals surface area (Å²) in [6.45, 7) is 12.1. The van der Waals surface area contributed by atoms with Crippen LogP contribution in [0.1, 0.15) is 52.4 Å². The van der Waals surface area contributed by atoms with Crippen molar-refractivity contribution < 1.29 is 5.11 Å². The van der Waals surface area contributed by atoms with Gasteiger partial charge in [0.2, 0.25) is 0 Å². The summed E-state index contributed by atoms with van der Waals surface area (Å²) in [6, 6.07) is 0.154. The Balaban J connectivity index is 3.11. The number of aromatic nitrogens is 2. The number of anilines is 2. The van der Waals surface area contributed by atoms with E-state index in [-0.39, 0.29) is 17.6 Å². The number of hydrogen-bond acceptors (Lipinski definition) is 5. The monoisotopic (exact) mass is 280 g/mol. The van der Waals surface area contributed by atoms with Crippen LogP contribution in [0.2, 0.25) is 0 Å². The summed E-state index contributed by atoms with van der Waals surface area (Å²) in [4.78, 5) is 9.23. The molecule has 0 saturated carbocycles. The molecule has 0 aliphatic rings. The number of aliphatic hydroxyl groups excluding tert-OH is 1. The fraction of sp³-hybridized carbons (Fsp3) is 0.733. The van der Waals surface area contributed by atoms with Gasteiger partial charge in [0, 0.05) is 24.1 Å². The summed E-state index contributed by atoms with van der Waals surface area (Å²) in [6.07, 6.45) is 0.355. The lowest BCUT2D eigenvalue weighted by atomic mass is 9.95. The molecular weight excluding hydrogens is 252 g/mol. The molecule has 0 aromatic carbocycles. The number of rotatable bonds is 5. The van der Waals surface area contributed by atoms with Gasteiger partial charge in [-0.25, -0.2) is 9.97 Å². The van der Waals surface area contributed by atoms with Crippen LogP contribution in [0.3, 0.4) is 0 Å². The van der Waals surface area contributed by atoms with Gasteiger partial charge in [0.25, 0.3) is 0 Å². The lowest BCUT2D eigenvalue weighted by Gasteiger charge is -2.23. The molecule has 1 heterocycles. The third-order valence-electron chi connectivity index (χ3n) is 3.13. The first-order chi connectivity index (χ1) is 9.15. The summed E-state index contributed by atoms with van der Waals surface area (Å²) in [5.74, 6) is 2.48. The second-order valence-corrected chi connectivity index (χ2v) is 6.50. The molecule has 2 atom stereocenters. The van der Waals surface area contributed by atoms with E-state index in [0.717, 1.165) is 23.0 Å². The minimum absolute atomic E-state index is 0.108. The lowest BCUT2D eigenvalue weighted by molar-refractivity contribution is 0.179. The molecule has 0 spiro atoms. The van der Waals surface area contributed by atoms with Crippen molar-refractivity contribution in [2.45, 2.75) is 65.5 Å². The van der Waals surface area contributed by atoms with Crippen molar-refractivity contribution in [3.8, 4) is 0 Å². The highest BCUT2D eigenvalue weighted by atomic mass is 16.3. The first-order valence-corrected chi connectivity index (χ1v) is 7.16. The van der Waals surface area contributed by atoms with Gasteiger partial charge in [-0.1, -0.05) is 20.8 Å². The maximum atomic E-state index is 9.47. The predicted octanol–water partition coefficient (Wildman–Crippen LogP) is 2.70. The Kier molecular flexibility index (Phi) is 5.34. The number of nitrogens with zero attached hydrogens (tertiary/aromatic N) is 2. The summed E-state index contributed by atoms with van der Waals surface area (Å²) in [5, 5.41) is 16.0. The standard InChI is InChI=1S/C15H28N4O/c1-9(8-10(2)20)17-13-11(3)12(16-7)18-14(19-13)15(4,5)6/h9-10,20H,8H2,1-7H3,(H2,16,17,18,19). The van der Waals surface area contributed by atoms with E-state index in [0.29, 0.717) is 6.42 Å². The summed E-state index contributed by atoms with van der Waals surface area (Å²) in [7, 11) is 1.87. The number of hydrogen-bond donors (Lipinski definition) is 3. The van der Waals surface area contributed by atoms with Gasteiger partial charge in [-0.3, -0.25) is 0 Å². The van der Waals surface area contributed by atoms with E-state index in [4.69, 9.17) is 0 Å². The van der Waals surface area contributed by atoms with Crippen LogP contribution in [-0.4, -0.2) is 34.3 Å². The zero-order chi connectivity index (χ0) is 15.5. The van der Waals surface area contributed by atoms with Crippen LogP contribution in [0.4, 0.5) is 11.6 Å². The van der Waals surface area contributed by atoms with Gasteiger partial charge in [-0.2, -0.15) is 0 Å². The molecule has 0 amide bonds. The molecule has 114 valence electrons. The Bertz CT molecular complexity index is 452. The maximum absolute atomic E-state index is 9.47. The zero-order valence-corrected chi connectivity index (χ0v) is 13.7. The average molecular weight is 280 g/mol. The number of aliphatic hydroxyl groups is 1. The zero-order valence-electron chi connectivity index (χ0n) is 13.7. The van der Waals surface area contributed by atoms with E-state index in [1.807, 2.05) is 20.9 Å². The fourth-order valence-corrected chi connectivity index (χ4v) is 2.04. The van der Waals surface area contributed by atoms with E-state index in [1.54, 1.807) is 6.92 Å². The molecule has 5 heteroatoms. The first kappa shape index (κ1) is 16.7. The highest BCUT2D eigenvalue weighted by Gasteiger charge is 2.21. The van der Waals surface area contributed by atoms with E-state index >= 15 is 0 Å². The van der Waals surface area contributed by atoms with E-state index in [2.05, 4.69) is 41.4 Å². The van der Waals surface area contributed by atoms with Crippen LogP contribution in [0, 0.1) is 6.92 Å². The molecule has 0 saturated heterocycles. The summed E-state index contributed by atoms with van der Waals surface area (Å²) in [5.41, 5.74) is 0.890. The largest absolute Gasteiger partial charge is 0.393 e. The summed E-state index contributed by atoms with van der Waals surface area (Å²) < 4.78 is 0. The molecule has 0 aliphatic heterocycles. The average Bonchev–Trinajstić information content (AvgIpc) is 2.29. The maximum Gasteiger partial charge on any atom is 0.138 e. The van der Waals surface area contributed by atoms with Gasteiger partial charge in [-0.05, 0) is 27.2 Å². The van der Waals surface area contributed by atoms with Gasteiger partial charge in [0.15, 0.2) is 0 Å². The molecule has 3 N–H and O–H groups in total. The van der Waals surface area contributed by atoms with Crippen LogP contribution >= 0.6 is 0 Å². The van der Waals surface area contributed by atoms with Crippen LogP contribution < -0.4 is 10.6 Å². The minimum atomic E-state index is -0.328. The molecule has 2 unspecified atom stereocenters. The van der Waals surface area contributed by atoms with Crippen molar-refractivity contribution in [3.63, 3.8) is 0 Å². The molecule has 0 bridgehead atoms. The highest BCUT2D eigenvalue weighted by Crippen LogP contribution is 2.26. The summed E-state index contributed by atoms with van der Waals surface area (Å²) >= 11 is 0. The SMILES string of the molecule is CNc1nc(C(C)(C)C)nc(NC(C)CC(C)O)c1C. The van der Waals surface area contributed by atoms with E-state index in [9.17, 15) is 5.11 Å². The lowest BCUT2D eigenvalue weighted by Crippen LogP contribution is -2.24. The van der Waals surface area contributed by atoms with Crippen LogP contribution in [0.5, 0.6) is 0 Å². The predicted molar refractivity (Wildman–Crippen MR) is 84.4 cm³/mol. The van der Waals surface area contributed by atoms with E-state index in [1.165, 1.54) is 0 Å². The smallest absolute Gasteiger partial charge is 0.138 e. The van der Waals surface area contributed by atoms with Gasteiger partial charge in [0.1, 0.15) is 17.5 Å². The van der Waals surface area contributed by atoms with Crippen molar-refractivity contribution >= 4 is 11.6 Å². The molecule has 0 aliphatic carbocycles. The van der Waals surface area contributed by atoms with Crippen LogP contribution in [-0.2, 0) is 5.41 Å². The van der Waals surface area contributed by atoms with Gasteiger partial charge < -0.3 is 15.7 Å². The minimum Gasteiger partial charge on any atom is -0.393 e. The second kappa shape index (κ2) is 6.39. The highest BCUT2D eigenvalue weighted by molar-refractivity contribution is 5.57. The molecule has 0 fully saturated rings. The molecule has 1 rings (SSSR count). The van der Waals surface area contributed by atoms with Crippen LogP contribution in [0.25, 0.3) is 0 Å². The molecule has 1 aromatic heterocycles. The Hall–Kier alpha value is -1.36. The Morgan fingerprint density at radius 3 is 2.15 bits per heavy atom. The van der Waals surface area contributed by atoms with E-state index < -0.39 is 0 Å². The van der Waals surface area contributed by atoms with Crippen molar-refractivity contribution in [2.75, 3.05) is 17.7 Å². The van der Waals surface area contributed by atoms with Crippen molar-refractivity contribution in [1.29, 1.82) is 0 Å². The Morgan fingerprint density at radius 2 is 1.70 bits per heavy atom. The third-order valence-corrected chi connectivity index (χ3v) is 3.13. The molecule has 20 heavy (non-hydrogen) atoms. The van der Waals surface area contributed by atoms with Crippen molar-refractivity contribution in [3.05, 3.63) is 11.4 Å². The first-order valence-electron chi connectivity index (χ1n) is 7.16.